The summed E-state index contributed by atoms with van der Waals surface area (Å²) in [5.74, 6) is 6.34. The van der Waals surface area contributed by atoms with Crippen LogP contribution in [-0.4, -0.2) is 64.0 Å². The Morgan fingerprint density at radius 2 is 1.90 bits per heavy atom. The molecule has 2 aromatic heterocycles. The largest absolute Gasteiger partial charge is 0.350 e. The van der Waals surface area contributed by atoms with Gasteiger partial charge in [-0.3, -0.25) is 9.88 Å². The van der Waals surface area contributed by atoms with Crippen LogP contribution >= 0.6 is 11.6 Å². The fourth-order valence-corrected chi connectivity index (χ4v) is 3.97. The smallest absolute Gasteiger partial charge is 0.177 e. The lowest BCUT2D eigenvalue weighted by Gasteiger charge is -2.44. The highest BCUT2D eigenvalue weighted by molar-refractivity contribution is 6.33. The lowest BCUT2D eigenvalue weighted by atomic mass is 9.84. The van der Waals surface area contributed by atoms with Gasteiger partial charge in [0, 0.05) is 30.3 Å². The number of nitrogens with zero attached hydrogens (tertiary/aromatic N) is 5. The third-order valence-corrected chi connectivity index (χ3v) is 5.41. The van der Waals surface area contributed by atoms with Crippen molar-refractivity contribution in [2.45, 2.75) is 40.5 Å². The summed E-state index contributed by atoms with van der Waals surface area (Å²) in [7, 11) is 0. The van der Waals surface area contributed by atoms with Crippen LogP contribution in [0.3, 0.4) is 0 Å². The summed E-state index contributed by atoms with van der Waals surface area (Å²) in [5, 5.41) is 8.86. The Morgan fingerprint density at radius 1 is 1.17 bits per heavy atom. The fraction of sp³-hybridized carbons (Fsp3) is 0.591. The Balaban J connectivity index is 1.36. The highest BCUT2D eigenvalue weighted by Gasteiger charge is 2.33. The Kier molecular flexibility index (Phi) is 5.86. The molecule has 0 aromatic carbocycles. The van der Waals surface area contributed by atoms with E-state index in [-0.39, 0.29) is 11.7 Å². The summed E-state index contributed by atoms with van der Waals surface area (Å²) < 4.78 is 13.2. The van der Waals surface area contributed by atoms with Gasteiger partial charge in [0.2, 0.25) is 0 Å². The number of halogens is 1. The average Bonchev–Trinajstić information content (AvgIpc) is 3.10. The van der Waals surface area contributed by atoms with Gasteiger partial charge in [-0.1, -0.05) is 56.4 Å². The molecule has 4 rings (SSSR count). The van der Waals surface area contributed by atoms with Gasteiger partial charge in [-0.15, -0.1) is 5.10 Å². The number of likely N-dealkylation sites (tertiary alicyclic amines) is 1. The van der Waals surface area contributed by atoms with Gasteiger partial charge in [-0.05, 0) is 11.5 Å². The topological polar surface area (TPSA) is 65.3 Å². The summed E-state index contributed by atoms with van der Waals surface area (Å²) in [6.07, 6.45) is 3.20. The number of hydrogen-bond donors (Lipinski definition) is 0. The predicted molar refractivity (Wildman–Crippen MR) is 115 cm³/mol. The number of pyridine rings is 1. The highest BCUT2D eigenvalue weighted by atomic mass is 35.5. The van der Waals surface area contributed by atoms with E-state index in [1.807, 2.05) is 6.07 Å². The van der Waals surface area contributed by atoms with Gasteiger partial charge < -0.3 is 9.47 Å². The van der Waals surface area contributed by atoms with E-state index < -0.39 is 0 Å². The average molecular weight is 430 g/mol. The zero-order valence-corrected chi connectivity index (χ0v) is 18.7. The molecular weight excluding hydrogens is 402 g/mol. The Bertz CT molecular complexity index is 957. The first-order valence-corrected chi connectivity index (χ1v) is 10.6. The number of hydrogen-bond acceptors (Lipinski definition) is 6. The quantitative estimate of drug-likeness (QED) is 0.696. The Labute approximate surface area is 182 Å². The molecule has 0 spiro atoms. The molecule has 0 amide bonds. The summed E-state index contributed by atoms with van der Waals surface area (Å²) in [6.45, 7) is 13.5. The minimum absolute atomic E-state index is 0.0396. The van der Waals surface area contributed by atoms with Crippen LogP contribution in [0.1, 0.15) is 33.3 Å². The second kappa shape index (κ2) is 8.27. The zero-order valence-electron chi connectivity index (χ0n) is 18.0. The van der Waals surface area contributed by atoms with Crippen molar-refractivity contribution >= 4 is 11.6 Å². The molecule has 0 atom stereocenters. The highest BCUT2D eigenvalue weighted by Crippen LogP contribution is 2.28. The minimum Gasteiger partial charge on any atom is -0.350 e. The van der Waals surface area contributed by atoms with Crippen LogP contribution < -0.4 is 0 Å². The standard InChI is InChI=1S/C22H28ClN5O2/c1-21(2)12-27(13-21)7-5-6-16-8-17(23)20(24-9-16)18-10-28(26-25-18)11-19-29-14-22(3,4)15-30-19/h8-10,19H,7,11-15H2,1-4H3. The minimum atomic E-state index is -0.328. The van der Waals surface area contributed by atoms with Crippen LogP contribution in [0.2, 0.25) is 5.02 Å². The summed E-state index contributed by atoms with van der Waals surface area (Å²) in [5.41, 5.74) is 2.45. The third-order valence-electron chi connectivity index (χ3n) is 5.12. The van der Waals surface area contributed by atoms with Crippen LogP contribution in [0, 0.1) is 22.7 Å². The van der Waals surface area contributed by atoms with Crippen molar-refractivity contribution in [3.8, 4) is 23.2 Å². The van der Waals surface area contributed by atoms with Gasteiger partial charge in [0.05, 0.1) is 37.5 Å². The van der Waals surface area contributed by atoms with Crippen molar-refractivity contribution in [1.82, 2.24) is 24.9 Å². The van der Waals surface area contributed by atoms with E-state index in [2.05, 4.69) is 59.7 Å². The molecule has 0 saturated carbocycles. The molecule has 2 aliphatic heterocycles. The second-order valence-corrected chi connectivity index (χ2v) is 10.1. The van der Waals surface area contributed by atoms with Crippen LogP contribution in [0.4, 0.5) is 0 Å². The van der Waals surface area contributed by atoms with Crippen LogP contribution in [0.5, 0.6) is 0 Å². The van der Waals surface area contributed by atoms with Gasteiger partial charge in [0.15, 0.2) is 6.29 Å². The molecular formula is C22H28ClN5O2. The van der Waals surface area contributed by atoms with Crippen molar-refractivity contribution in [1.29, 1.82) is 0 Å². The monoisotopic (exact) mass is 429 g/mol. The molecule has 2 aromatic rings. The van der Waals surface area contributed by atoms with Crippen LogP contribution in [0.25, 0.3) is 11.4 Å². The molecule has 4 heterocycles. The van der Waals surface area contributed by atoms with Crippen molar-refractivity contribution < 1.29 is 9.47 Å². The van der Waals surface area contributed by atoms with E-state index in [4.69, 9.17) is 21.1 Å². The van der Waals surface area contributed by atoms with Gasteiger partial charge in [-0.25, -0.2) is 4.68 Å². The van der Waals surface area contributed by atoms with E-state index in [9.17, 15) is 0 Å². The Hall–Kier alpha value is -1.98. The second-order valence-electron chi connectivity index (χ2n) is 9.71. The molecule has 2 fully saturated rings. The SMILES string of the molecule is CC1(C)COC(Cn2cc(-c3ncc(C#CCN4CC(C)(C)C4)cc3Cl)nn2)OC1. The number of aromatic nitrogens is 4. The first kappa shape index (κ1) is 21.3. The molecule has 2 aliphatic rings. The summed E-state index contributed by atoms with van der Waals surface area (Å²) in [4.78, 5) is 6.79. The van der Waals surface area contributed by atoms with Gasteiger partial charge in [-0.2, -0.15) is 0 Å². The van der Waals surface area contributed by atoms with E-state index in [0.717, 1.165) is 25.2 Å². The lowest BCUT2D eigenvalue weighted by Crippen LogP contribution is -2.52. The van der Waals surface area contributed by atoms with E-state index in [1.165, 1.54) is 0 Å². The van der Waals surface area contributed by atoms with Crippen molar-refractivity contribution in [3.63, 3.8) is 0 Å². The molecule has 0 aliphatic carbocycles. The molecule has 0 N–H and O–H groups in total. The molecule has 0 unspecified atom stereocenters. The predicted octanol–water partition coefficient (Wildman–Crippen LogP) is 3.09. The van der Waals surface area contributed by atoms with Gasteiger partial charge in [0.25, 0.3) is 0 Å². The summed E-state index contributed by atoms with van der Waals surface area (Å²) >= 11 is 6.45. The third kappa shape index (κ3) is 5.19. The molecule has 0 bridgehead atoms. The van der Waals surface area contributed by atoms with Crippen molar-refractivity contribution in [2.24, 2.45) is 10.8 Å². The normalized spacial score (nSPS) is 21.0. The molecule has 30 heavy (non-hydrogen) atoms. The molecule has 2 saturated heterocycles. The molecule has 7 nitrogen and oxygen atoms in total. The van der Waals surface area contributed by atoms with E-state index in [0.29, 0.717) is 41.6 Å². The molecule has 160 valence electrons. The fourth-order valence-electron chi connectivity index (χ4n) is 3.71. The number of rotatable bonds is 4. The van der Waals surface area contributed by atoms with Gasteiger partial charge >= 0.3 is 0 Å². The van der Waals surface area contributed by atoms with Crippen molar-refractivity contribution in [3.05, 3.63) is 29.0 Å². The Morgan fingerprint density at radius 3 is 2.57 bits per heavy atom. The van der Waals surface area contributed by atoms with E-state index in [1.54, 1.807) is 17.1 Å². The number of ether oxygens (including phenoxy) is 2. The maximum atomic E-state index is 6.45. The summed E-state index contributed by atoms with van der Waals surface area (Å²) in [6, 6.07) is 1.82. The van der Waals surface area contributed by atoms with E-state index >= 15 is 0 Å². The first-order chi connectivity index (χ1) is 14.2. The maximum Gasteiger partial charge on any atom is 0.177 e. The molecule has 0 radical (unpaired) electrons. The first-order valence-electron chi connectivity index (χ1n) is 10.2. The maximum absolute atomic E-state index is 6.45. The van der Waals surface area contributed by atoms with Crippen molar-refractivity contribution in [2.75, 3.05) is 32.8 Å². The van der Waals surface area contributed by atoms with Gasteiger partial charge in [0.1, 0.15) is 11.4 Å². The lowest BCUT2D eigenvalue weighted by molar-refractivity contribution is -0.227. The zero-order chi connectivity index (χ0) is 21.4. The molecule has 8 heteroatoms. The van der Waals surface area contributed by atoms with Crippen LogP contribution in [-0.2, 0) is 16.0 Å². The van der Waals surface area contributed by atoms with Crippen LogP contribution in [0.15, 0.2) is 18.5 Å².